The Morgan fingerprint density at radius 1 is 1.40 bits per heavy atom. The van der Waals surface area contributed by atoms with Gasteiger partial charge in [0.1, 0.15) is 0 Å². The molecule has 1 heterocycles. The van der Waals surface area contributed by atoms with Crippen molar-refractivity contribution in [1.29, 1.82) is 0 Å². The Kier molecular flexibility index (Phi) is 6.05. The first-order valence-electron chi connectivity index (χ1n) is 7.37. The van der Waals surface area contributed by atoms with Gasteiger partial charge in [-0.15, -0.1) is 0 Å². The average Bonchev–Trinajstić information content (AvgIpc) is 2.72. The highest BCUT2D eigenvalue weighted by Crippen LogP contribution is 2.34. The predicted octanol–water partition coefficient (Wildman–Crippen LogP) is 3.50. The number of hydrogen-bond donors (Lipinski definition) is 1. The molecule has 5 heteroatoms. The molecule has 0 bridgehead atoms. The van der Waals surface area contributed by atoms with Gasteiger partial charge in [0.05, 0.1) is 23.0 Å². The van der Waals surface area contributed by atoms with Crippen molar-refractivity contribution in [2.24, 2.45) is 0 Å². The number of rotatable bonds is 7. The highest BCUT2D eigenvalue weighted by molar-refractivity contribution is 6.31. The van der Waals surface area contributed by atoms with Crippen LogP contribution >= 0.6 is 11.6 Å². The van der Waals surface area contributed by atoms with Crippen LogP contribution in [0.3, 0.4) is 0 Å². The number of halogens is 1. The lowest BCUT2D eigenvalue weighted by Crippen LogP contribution is -2.50. The fourth-order valence-corrected chi connectivity index (χ4v) is 2.50. The molecule has 0 aliphatic carbocycles. The molecule has 0 amide bonds. The van der Waals surface area contributed by atoms with Crippen molar-refractivity contribution in [3.05, 3.63) is 16.9 Å². The average molecular weight is 301 g/mol. The van der Waals surface area contributed by atoms with Gasteiger partial charge in [-0.05, 0) is 54.8 Å². The molecule has 0 saturated heterocycles. The maximum Gasteiger partial charge on any atom is 0.0835 e. The van der Waals surface area contributed by atoms with Crippen LogP contribution < -0.4 is 5.32 Å². The van der Waals surface area contributed by atoms with Crippen molar-refractivity contribution in [3.8, 4) is 0 Å². The minimum Gasteiger partial charge on any atom is -0.307 e. The van der Waals surface area contributed by atoms with Crippen LogP contribution in [0.15, 0.2) is 6.20 Å². The summed E-state index contributed by atoms with van der Waals surface area (Å²) in [4.78, 5) is 2.23. The largest absolute Gasteiger partial charge is 0.307 e. The van der Waals surface area contributed by atoms with Gasteiger partial charge in [-0.3, -0.25) is 4.68 Å². The molecule has 1 atom stereocenters. The van der Waals surface area contributed by atoms with Crippen molar-refractivity contribution in [2.75, 3.05) is 20.6 Å². The first kappa shape index (κ1) is 17.5. The summed E-state index contributed by atoms with van der Waals surface area (Å²) in [5.41, 5.74) is 1.01. The van der Waals surface area contributed by atoms with Crippen LogP contribution in [0.25, 0.3) is 0 Å². The van der Waals surface area contributed by atoms with E-state index in [1.807, 2.05) is 4.68 Å². The molecular formula is C15H29ClN4. The van der Waals surface area contributed by atoms with E-state index in [0.29, 0.717) is 6.04 Å². The van der Waals surface area contributed by atoms with E-state index in [0.717, 1.165) is 23.7 Å². The summed E-state index contributed by atoms with van der Waals surface area (Å²) in [5, 5.41) is 8.82. The van der Waals surface area contributed by atoms with Crippen LogP contribution in [0.5, 0.6) is 0 Å². The monoisotopic (exact) mass is 300 g/mol. The summed E-state index contributed by atoms with van der Waals surface area (Å²) in [6, 6.07) is 0.427. The molecular weight excluding hydrogens is 272 g/mol. The molecule has 0 saturated carbocycles. The fourth-order valence-electron chi connectivity index (χ4n) is 2.26. The predicted molar refractivity (Wildman–Crippen MR) is 86.4 cm³/mol. The molecule has 1 aromatic heterocycles. The Balaban J connectivity index is 3.27. The molecule has 1 rings (SSSR count). The van der Waals surface area contributed by atoms with Crippen LogP contribution in [0.2, 0.25) is 5.02 Å². The Bertz CT molecular complexity index is 424. The van der Waals surface area contributed by atoms with Crippen LogP contribution in [-0.2, 0) is 0 Å². The van der Waals surface area contributed by atoms with Gasteiger partial charge in [0, 0.05) is 11.6 Å². The van der Waals surface area contributed by atoms with Gasteiger partial charge in [-0.1, -0.05) is 18.5 Å². The van der Waals surface area contributed by atoms with E-state index in [1.54, 1.807) is 6.20 Å². The molecule has 0 aliphatic rings. The molecule has 0 fully saturated rings. The zero-order valence-corrected chi connectivity index (χ0v) is 14.6. The number of nitrogens with one attached hydrogen (secondary N) is 1. The highest BCUT2D eigenvalue weighted by atomic mass is 35.5. The molecule has 116 valence electrons. The molecule has 0 aromatic carbocycles. The quantitative estimate of drug-likeness (QED) is 0.836. The van der Waals surface area contributed by atoms with Crippen molar-refractivity contribution < 1.29 is 0 Å². The van der Waals surface area contributed by atoms with E-state index >= 15 is 0 Å². The van der Waals surface area contributed by atoms with Crippen LogP contribution in [0.4, 0.5) is 0 Å². The van der Waals surface area contributed by atoms with Gasteiger partial charge in [0.25, 0.3) is 0 Å². The standard InChI is InChI=1S/C15H29ClN4/c1-8-9-17-14(15(4,5)19(6)7)13-12(16)10-18-20(13)11(2)3/h10-11,14,17H,8-9H2,1-7H3. The SMILES string of the molecule is CCCNC(c1c(Cl)cnn1C(C)C)C(C)(C)N(C)C. The first-order chi connectivity index (χ1) is 9.23. The van der Waals surface area contributed by atoms with Crippen molar-refractivity contribution in [3.63, 3.8) is 0 Å². The van der Waals surface area contributed by atoms with Gasteiger partial charge in [-0.2, -0.15) is 5.10 Å². The van der Waals surface area contributed by atoms with E-state index in [2.05, 4.69) is 64.0 Å². The summed E-state index contributed by atoms with van der Waals surface area (Å²) in [7, 11) is 4.20. The van der Waals surface area contributed by atoms with Gasteiger partial charge in [-0.25, -0.2) is 0 Å². The maximum absolute atomic E-state index is 6.43. The van der Waals surface area contributed by atoms with Gasteiger partial charge < -0.3 is 10.2 Å². The topological polar surface area (TPSA) is 33.1 Å². The van der Waals surface area contributed by atoms with Crippen LogP contribution in [0, 0.1) is 0 Å². The first-order valence-corrected chi connectivity index (χ1v) is 7.75. The molecule has 20 heavy (non-hydrogen) atoms. The third-order valence-electron chi connectivity index (χ3n) is 4.01. The fraction of sp³-hybridized carbons (Fsp3) is 0.800. The Labute approximate surface area is 128 Å². The molecule has 4 nitrogen and oxygen atoms in total. The smallest absolute Gasteiger partial charge is 0.0835 e. The molecule has 0 radical (unpaired) electrons. The molecule has 0 aliphatic heterocycles. The third-order valence-corrected chi connectivity index (χ3v) is 4.30. The van der Waals surface area contributed by atoms with E-state index < -0.39 is 0 Å². The van der Waals surface area contributed by atoms with Crippen molar-refractivity contribution in [2.45, 2.75) is 58.7 Å². The summed E-state index contributed by atoms with van der Waals surface area (Å²) < 4.78 is 2.03. The summed E-state index contributed by atoms with van der Waals surface area (Å²) >= 11 is 6.43. The lowest BCUT2D eigenvalue weighted by molar-refractivity contribution is 0.132. The number of aromatic nitrogens is 2. The summed E-state index contributed by atoms with van der Waals surface area (Å²) in [6.45, 7) is 11.9. The van der Waals surface area contributed by atoms with Crippen LogP contribution in [0.1, 0.15) is 58.8 Å². The second-order valence-electron chi connectivity index (χ2n) is 6.35. The molecule has 1 aromatic rings. The minimum absolute atomic E-state index is 0.0640. The van der Waals surface area contributed by atoms with E-state index in [9.17, 15) is 0 Å². The van der Waals surface area contributed by atoms with Gasteiger partial charge in [0.2, 0.25) is 0 Å². The normalized spacial score (nSPS) is 14.3. The van der Waals surface area contributed by atoms with Crippen LogP contribution in [-0.4, -0.2) is 40.9 Å². The van der Waals surface area contributed by atoms with Crippen molar-refractivity contribution >= 4 is 11.6 Å². The molecule has 1 N–H and O–H groups in total. The van der Waals surface area contributed by atoms with Gasteiger partial charge in [0.15, 0.2) is 0 Å². The zero-order valence-electron chi connectivity index (χ0n) is 13.9. The van der Waals surface area contributed by atoms with Crippen molar-refractivity contribution in [1.82, 2.24) is 20.0 Å². The Hall–Kier alpha value is -0.580. The zero-order chi connectivity index (χ0) is 15.5. The van der Waals surface area contributed by atoms with E-state index in [4.69, 9.17) is 11.6 Å². The maximum atomic E-state index is 6.43. The summed E-state index contributed by atoms with van der Waals surface area (Å²) in [6.07, 6.45) is 2.84. The van der Waals surface area contributed by atoms with E-state index in [1.165, 1.54) is 0 Å². The van der Waals surface area contributed by atoms with Gasteiger partial charge >= 0.3 is 0 Å². The number of likely N-dealkylation sites (N-methyl/N-ethyl adjacent to an activating group) is 1. The number of hydrogen-bond acceptors (Lipinski definition) is 3. The second-order valence-corrected chi connectivity index (χ2v) is 6.76. The Morgan fingerprint density at radius 2 is 2.00 bits per heavy atom. The van der Waals surface area contributed by atoms with E-state index in [-0.39, 0.29) is 11.6 Å². The number of nitrogens with zero attached hydrogens (tertiary/aromatic N) is 3. The molecule has 1 unspecified atom stereocenters. The lowest BCUT2D eigenvalue weighted by atomic mass is 9.90. The third kappa shape index (κ3) is 3.54. The Morgan fingerprint density at radius 3 is 2.45 bits per heavy atom. The lowest BCUT2D eigenvalue weighted by Gasteiger charge is -2.41. The highest BCUT2D eigenvalue weighted by Gasteiger charge is 2.36. The molecule has 0 spiro atoms. The second kappa shape index (κ2) is 6.92. The minimum atomic E-state index is -0.0640. The summed E-state index contributed by atoms with van der Waals surface area (Å²) in [5.74, 6) is 0.